The molecule has 3 unspecified atom stereocenters. The summed E-state index contributed by atoms with van der Waals surface area (Å²) >= 11 is 12.2. The van der Waals surface area contributed by atoms with E-state index in [2.05, 4.69) is 20.9 Å². The molecule has 0 bridgehead atoms. The number of carbonyl (C=O) groups excluding carboxylic acids is 3. The van der Waals surface area contributed by atoms with E-state index in [-0.39, 0.29) is 34.9 Å². The highest BCUT2D eigenvalue weighted by Gasteiger charge is 2.42. The molecule has 1 saturated heterocycles. The Morgan fingerprint density at radius 3 is 2.13 bits per heavy atom. The first-order valence-electron chi connectivity index (χ1n) is 11.5. The number of aromatic nitrogens is 1. The molecule has 0 saturated carbocycles. The average molecular weight is 573 g/mol. The lowest BCUT2D eigenvalue weighted by Gasteiger charge is -2.20. The molecule has 4 rings (SSSR count). The van der Waals surface area contributed by atoms with Crippen molar-refractivity contribution < 1.29 is 33.8 Å². The van der Waals surface area contributed by atoms with Gasteiger partial charge in [-0.05, 0) is 42.0 Å². The SMILES string of the molecule is O=C(Nc1ccc(CC(NC(=O)C2OCOC2C(=O)Nc2c(Cl)cccc2Cl)C(=O)O)cc1)c1ccncc1. The Labute approximate surface area is 232 Å². The van der Waals surface area contributed by atoms with Crippen LogP contribution in [0.1, 0.15) is 15.9 Å². The van der Waals surface area contributed by atoms with Crippen LogP contribution in [-0.2, 0) is 30.3 Å². The summed E-state index contributed by atoms with van der Waals surface area (Å²) in [6.07, 6.45) is 0.169. The number of aliphatic carboxylic acids is 1. The highest BCUT2D eigenvalue weighted by molar-refractivity contribution is 6.39. The summed E-state index contributed by atoms with van der Waals surface area (Å²) < 4.78 is 10.5. The molecule has 39 heavy (non-hydrogen) atoms. The van der Waals surface area contributed by atoms with Crippen LogP contribution in [0.5, 0.6) is 0 Å². The third kappa shape index (κ3) is 7.09. The van der Waals surface area contributed by atoms with Gasteiger partial charge < -0.3 is 30.5 Å². The molecule has 202 valence electrons. The fraction of sp³-hybridized carbons (Fsp3) is 0.192. The number of nitrogens with one attached hydrogen (secondary N) is 3. The van der Waals surface area contributed by atoms with Gasteiger partial charge in [0.2, 0.25) is 0 Å². The van der Waals surface area contributed by atoms with Crippen LogP contribution in [0.2, 0.25) is 10.0 Å². The van der Waals surface area contributed by atoms with Gasteiger partial charge in [-0.1, -0.05) is 41.4 Å². The number of ether oxygens (including phenoxy) is 2. The molecule has 0 spiro atoms. The van der Waals surface area contributed by atoms with Crippen LogP contribution in [0.3, 0.4) is 0 Å². The zero-order valence-corrected chi connectivity index (χ0v) is 21.6. The summed E-state index contributed by atoms with van der Waals surface area (Å²) in [7, 11) is 0. The number of carboxylic acids is 1. The minimum absolute atomic E-state index is 0.0701. The molecule has 0 radical (unpaired) electrons. The van der Waals surface area contributed by atoms with Crippen LogP contribution in [0.4, 0.5) is 11.4 Å². The molecule has 2 heterocycles. The lowest BCUT2D eigenvalue weighted by molar-refractivity contribution is -0.144. The van der Waals surface area contributed by atoms with Crippen LogP contribution in [0, 0.1) is 0 Å². The zero-order valence-electron chi connectivity index (χ0n) is 20.1. The Bertz CT molecular complexity index is 1350. The maximum absolute atomic E-state index is 12.9. The molecule has 11 nitrogen and oxygen atoms in total. The van der Waals surface area contributed by atoms with Gasteiger partial charge in [0.25, 0.3) is 17.7 Å². The molecule has 1 aromatic heterocycles. The van der Waals surface area contributed by atoms with Crippen molar-refractivity contribution in [3.63, 3.8) is 0 Å². The maximum Gasteiger partial charge on any atom is 0.326 e. The van der Waals surface area contributed by atoms with Crippen LogP contribution in [-0.4, -0.2) is 58.8 Å². The number of hydrogen-bond acceptors (Lipinski definition) is 7. The van der Waals surface area contributed by atoms with Gasteiger partial charge in [-0.15, -0.1) is 0 Å². The van der Waals surface area contributed by atoms with Gasteiger partial charge in [-0.3, -0.25) is 19.4 Å². The van der Waals surface area contributed by atoms with E-state index in [9.17, 15) is 24.3 Å². The van der Waals surface area contributed by atoms with Crippen LogP contribution < -0.4 is 16.0 Å². The highest BCUT2D eigenvalue weighted by Crippen LogP contribution is 2.30. The fourth-order valence-electron chi connectivity index (χ4n) is 3.72. The monoisotopic (exact) mass is 572 g/mol. The van der Waals surface area contributed by atoms with E-state index >= 15 is 0 Å². The van der Waals surface area contributed by atoms with E-state index in [0.717, 1.165) is 0 Å². The predicted molar refractivity (Wildman–Crippen MR) is 142 cm³/mol. The number of carbonyl (C=O) groups is 4. The second kappa shape index (κ2) is 12.7. The van der Waals surface area contributed by atoms with Gasteiger partial charge in [-0.2, -0.15) is 0 Å². The Balaban J connectivity index is 1.37. The van der Waals surface area contributed by atoms with Gasteiger partial charge in [0.05, 0.1) is 15.7 Å². The summed E-state index contributed by atoms with van der Waals surface area (Å²) in [6.45, 7) is -0.350. The Morgan fingerprint density at radius 2 is 1.51 bits per heavy atom. The van der Waals surface area contributed by atoms with Crippen molar-refractivity contribution >= 4 is 58.3 Å². The first-order valence-corrected chi connectivity index (χ1v) is 12.3. The Morgan fingerprint density at radius 1 is 0.897 bits per heavy atom. The number of anilines is 2. The number of para-hydroxylation sites is 1. The number of hydrogen-bond donors (Lipinski definition) is 4. The van der Waals surface area contributed by atoms with Gasteiger partial charge in [0.1, 0.15) is 12.8 Å². The van der Waals surface area contributed by atoms with Crippen LogP contribution >= 0.6 is 23.2 Å². The number of halogens is 2. The molecule has 2 aromatic carbocycles. The summed E-state index contributed by atoms with van der Waals surface area (Å²) in [6, 6.07) is 13.0. The summed E-state index contributed by atoms with van der Waals surface area (Å²) in [5.41, 5.74) is 1.66. The van der Waals surface area contributed by atoms with E-state index in [0.29, 0.717) is 16.8 Å². The number of benzene rings is 2. The Hall–Kier alpha value is -4.03. The zero-order chi connectivity index (χ0) is 27.9. The summed E-state index contributed by atoms with van der Waals surface area (Å²) in [4.78, 5) is 53.7. The molecule has 1 fully saturated rings. The molecule has 1 aliphatic heterocycles. The first kappa shape index (κ1) is 28.0. The minimum atomic E-state index is -1.40. The number of rotatable bonds is 9. The van der Waals surface area contributed by atoms with Gasteiger partial charge in [-0.25, -0.2) is 4.79 Å². The molecule has 0 aliphatic carbocycles. The molecule has 3 aromatic rings. The molecule has 3 amide bonds. The molecule has 4 N–H and O–H groups in total. The van der Waals surface area contributed by atoms with Crippen molar-refractivity contribution in [3.8, 4) is 0 Å². The molecular formula is C26H22Cl2N4O7. The largest absolute Gasteiger partial charge is 0.480 e. The maximum atomic E-state index is 12.9. The summed E-state index contributed by atoms with van der Waals surface area (Å²) in [5.74, 6) is -3.19. The van der Waals surface area contributed by atoms with Crippen molar-refractivity contribution in [2.75, 3.05) is 17.4 Å². The van der Waals surface area contributed by atoms with Crippen molar-refractivity contribution in [1.82, 2.24) is 10.3 Å². The molecular weight excluding hydrogens is 551 g/mol. The minimum Gasteiger partial charge on any atom is -0.480 e. The second-order valence-electron chi connectivity index (χ2n) is 8.37. The van der Waals surface area contributed by atoms with Crippen molar-refractivity contribution in [1.29, 1.82) is 0 Å². The van der Waals surface area contributed by atoms with Crippen LogP contribution in [0.25, 0.3) is 0 Å². The average Bonchev–Trinajstić information content (AvgIpc) is 3.42. The van der Waals surface area contributed by atoms with Gasteiger partial charge >= 0.3 is 5.97 Å². The van der Waals surface area contributed by atoms with Gasteiger partial charge in [0.15, 0.2) is 12.2 Å². The number of pyridine rings is 1. The van der Waals surface area contributed by atoms with E-state index in [1.54, 1.807) is 42.5 Å². The lowest BCUT2D eigenvalue weighted by atomic mass is 10.0. The quantitative estimate of drug-likeness (QED) is 0.304. The second-order valence-corrected chi connectivity index (χ2v) is 9.18. The van der Waals surface area contributed by atoms with Crippen molar-refractivity contribution in [2.45, 2.75) is 24.7 Å². The standard InChI is InChI=1S/C26H22Cl2N4O7/c27-17-2-1-3-18(28)20(17)32-25(35)22-21(38-13-39-22)24(34)31-19(26(36)37)12-14-4-6-16(7-5-14)30-23(33)15-8-10-29-11-9-15/h1-11,19,21-22H,12-13H2,(H,30,33)(H,31,34)(H,32,35)(H,36,37). The predicted octanol–water partition coefficient (Wildman–Crippen LogP) is 3.13. The Kier molecular flexibility index (Phi) is 9.10. The van der Waals surface area contributed by atoms with E-state index in [1.165, 1.54) is 24.5 Å². The third-order valence-electron chi connectivity index (χ3n) is 5.71. The van der Waals surface area contributed by atoms with Gasteiger partial charge in [0, 0.05) is 30.1 Å². The fourth-order valence-corrected chi connectivity index (χ4v) is 4.21. The van der Waals surface area contributed by atoms with Crippen molar-refractivity contribution in [2.24, 2.45) is 0 Å². The smallest absolute Gasteiger partial charge is 0.326 e. The normalized spacial score (nSPS) is 17.2. The van der Waals surface area contributed by atoms with Crippen LogP contribution in [0.15, 0.2) is 67.0 Å². The topological polar surface area (TPSA) is 156 Å². The van der Waals surface area contributed by atoms with E-state index < -0.39 is 36.0 Å². The first-order chi connectivity index (χ1) is 18.7. The highest BCUT2D eigenvalue weighted by atomic mass is 35.5. The van der Waals surface area contributed by atoms with E-state index in [4.69, 9.17) is 32.7 Å². The number of amides is 3. The van der Waals surface area contributed by atoms with E-state index in [1.807, 2.05) is 0 Å². The molecule has 1 aliphatic rings. The number of carboxylic acid groups (broad SMARTS) is 1. The van der Waals surface area contributed by atoms with Crippen molar-refractivity contribution in [3.05, 3.63) is 88.2 Å². The summed E-state index contributed by atoms with van der Waals surface area (Å²) in [5, 5.41) is 17.7. The molecule has 3 atom stereocenters. The number of nitrogens with zero attached hydrogens (tertiary/aromatic N) is 1. The third-order valence-corrected chi connectivity index (χ3v) is 6.34. The molecule has 13 heteroatoms. The lowest BCUT2D eigenvalue weighted by Crippen LogP contribution is -2.51.